The van der Waals surface area contributed by atoms with Crippen LogP contribution in [0.3, 0.4) is 0 Å². The van der Waals surface area contributed by atoms with Crippen LogP contribution in [0.25, 0.3) is 10.9 Å². The van der Waals surface area contributed by atoms with Crippen molar-refractivity contribution in [1.29, 1.82) is 0 Å². The molecule has 1 N–H and O–H groups in total. The molecule has 0 saturated carbocycles. The van der Waals surface area contributed by atoms with Crippen molar-refractivity contribution >= 4 is 16.8 Å². The fraction of sp³-hybridized carbons (Fsp3) is 0.526. The summed E-state index contributed by atoms with van der Waals surface area (Å²) in [5, 5.41) is 1.30. The zero-order valence-corrected chi connectivity index (χ0v) is 13.2. The van der Waals surface area contributed by atoms with Crippen molar-refractivity contribution in [2.24, 2.45) is 0 Å². The topological polar surface area (TPSA) is 26.4 Å². The van der Waals surface area contributed by atoms with E-state index >= 15 is 0 Å². The van der Waals surface area contributed by atoms with Crippen LogP contribution in [0.1, 0.15) is 48.2 Å². The van der Waals surface area contributed by atoms with E-state index in [-0.39, 0.29) is 0 Å². The van der Waals surface area contributed by atoms with Gasteiger partial charge in [-0.3, -0.25) is 9.36 Å². The van der Waals surface area contributed by atoms with Crippen LogP contribution >= 0.6 is 0 Å². The maximum atomic E-state index is 13.0. The highest BCUT2D eigenvalue weighted by atomic mass is 16.2. The van der Waals surface area contributed by atoms with E-state index in [4.69, 9.17) is 0 Å². The summed E-state index contributed by atoms with van der Waals surface area (Å²) in [5.74, 6) is 0.302. The lowest BCUT2D eigenvalue weighted by Gasteiger charge is -2.23. The molecule has 1 aromatic carbocycles. The summed E-state index contributed by atoms with van der Waals surface area (Å²) in [4.78, 5) is 14.5. The first kappa shape index (κ1) is 14.0. The van der Waals surface area contributed by atoms with Crippen LogP contribution in [0.2, 0.25) is 0 Å². The molecule has 0 amide bonds. The lowest BCUT2D eigenvalue weighted by atomic mass is 9.95. The first-order valence-corrected chi connectivity index (χ1v) is 8.82. The van der Waals surface area contributed by atoms with Gasteiger partial charge in [0.05, 0.1) is 18.6 Å². The molecule has 0 radical (unpaired) electrons. The molecule has 0 spiro atoms. The molecule has 4 rings (SSSR count). The van der Waals surface area contributed by atoms with Gasteiger partial charge in [0.1, 0.15) is 0 Å². The number of piperidine rings is 1. The number of carbonyl (C=O) groups is 1. The Morgan fingerprint density at radius 2 is 1.77 bits per heavy atom. The van der Waals surface area contributed by atoms with Crippen LogP contribution in [-0.2, 0) is 12.8 Å². The van der Waals surface area contributed by atoms with Gasteiger partial charge < -0.3 is 4.90 Å². The van der Waals surface area contributed by atoms with Crippen molar-refractivity contribution in [3.63, 3.8) is 0 Å². The Kier molecular flexibility index (Phi) is 3.75. The molecule has 0 atom stereocenters. The Morgan fingerprint density at radius 1 is 1.00 bits per heavy atom. The Morgan fingerprint density at radius 3 is 2.64 bits per heavy atom. The van der Waals surface area contributed by atoms with E-state index in [2.05, 4.69) is 28.8 Å². The van der Waals surface area contributed by atoms with E-state index in [0.29, 0.717) is 12.5 Å². The number of rotatable bonds is 2. The van der Waals surface area contributed by atoms with Gasteiger partial charge in [-0.25, -0.2) is 0 Å². The van der Waals surface area contributed by atoms with Crippen LogP contribution in [0, 0.1) is 0 Å². The zero-order chi connectivity index (χ0) is 14.9. The molecule has 1 fully saturated rings. The van der Waals surface area contributed by atoms with Gasteiger partial charge in [-0.1, -0.05) is 18.2 Å². The largest absolute Gasteiger partial charge is 0.327 e. The average molecular weight is 297 g/mol. The van der Waals surface area contributed by atoms with Gasteiger partial charge >= 0.3 is 0 Å². The summed E-state index contributed by atoms with van der Waals surface area (Å²) in [6.45, 7) is 2.98. The minimum Gasteiger partial charge on any atom is -0.327 e. The van der Waals surface area contributed by atoms with Crippen molar-refractivity contribution in [3.05, 3.63) is 35.5 Å². The SMILES string of the molecule is O=C(C[NH+]1CCCCC1)n1c2c(c3ccccc31)CCCC2. The Labute approximate surface area is 131 Å². The number of nitrogens with zero attached hydrogens (tertiary/aromatic N) is 1. The predicted molar refractivity (Wildman–Crippen MR) is 88.6 cm³/mol. The number of quaternary nitrogens is 1. The highest BCUT2D eigenvalue weighted by Gasteiger charge is 2.25. The highest BCUT2D eigenvalue weighted by molar-refractivity contribution is 5.96. The molecule has 0 bridgehead atoms. The second-order valence-electron chi connectivity index (χ2n) is 6.87. The van der Waals surface area contributed by atoms with E-state index in [1.54, 1.807) is 0 Å². The zero-order valence-electron chi connectivity index (χ0n) is 13.2. The monoisotopic (exact) mass is 297 g/mol. The van der Waals surface area contributed by atoms with Crippen LogP contribution in [0.15, 0.2) is 24.3 Å². The normalized spacial score (nSPS) is 19.3. The second-order valence-corrected chi connectivity index (χ2v) is 6.87. The smallest absolute Gasteiger partial charge is 0.286 e. The summed E-state index contributed by atoms with van der Waals surface area (Å²) >= 11 is 0. The molecule has 1 aliphatic carbocycles. The summed E-state index contributed by atoms with van der Waals surface area (Å²) in [5.41, 5.74) is 3.87. The van der Waals surface area contributed by atoms with Gasteiger partial charge in [-0.2, -0.15) is 0 Å². The second kappa shape index (κ2) is 5.88. The molecule has 116 valence electrons. The fourth-order valence-corrected chi connectivity index (χ4v) is 4.30. The number of para-hydroxylation sites is 1. The third-order valence-electron chi connectivity index (χ3n) is 5.39. The predicted octanol–water partition coefficient (Wildman–Crippen LogP) is 2.23. The molecule has 3 heteroatoms. The third kappa shape index (κ3) is 2.38. The summed E-state index contributed by atoms with van der Waals surface area (Å²) in [7, 11) is 0. The van der Waals surface area contributed by atoms with Gasteiger partial charge in [-0.05, 0) is 56.6 Å². The standard InChI is InChI=1S/C19H24N2O/c22-19(14-20-12-6-1-7-13-20)21-17-10-4-2-8-15(17)16-9-3-5-11-18(16)21/h2,4,8,10H,1,3,5-7,9,11-14H2/p+1. The summed E-state index contributed by atoms with van der Waals surface area (Å²) < 4.78 is 2.06. The molecule has 3 nitrogen and oxygen atoms in total. The van der Waals surface area contributed by atoms with Crippen molar-refractivity contribution in [3.8, 4) is 0 Å². The lowest BCUT2D eigenvalue weighted by Crippen LogP contribution is -3.13. The number of aryl methyl sites for hydroxylation is 1. The Hall–Kier alpha value is -1.61. The number of likely N-dealkylation sites (tertiary alicyclic amines) is 1. The number of aromatic nitrogens is 1. The molecule has 22 heavy (non-hydrogen) atoms. The molecule has 1 saturated heterocycles. The first-order valence-electron chi connectivity index (χ1n) is 8.82. The van der Waals surface area contributed by atoms with Crippen molar-refractivity contribution < 1.29 is 9.69 Å². The Balaban J connectivity index is 1.72. The van der Waals surface area contributed by atoms with E-state index in [1.165, 1.54) is 53.6 Å². The quantitative estimate of drug-likeness (QED) is 0.904. The van der Waals surface area contributed by atoms with Gasteiger partial charge in [0, 0.05) is 11.1 Å². The lowest BCUT2D eigenvalue weighted by molar-refractivity contribution is -0.896. The summed E-state index contributed by atoms with van der Waals surface area (Å²) in [6, 6.07) is 8.47. The van der Waals surface area contributed by atoms with Gasteiger partial charge in [0.25, 0.3) is 5.91 Å². The molecule has 2 aliphatic rings. The van der Waals surface area contributed by atoms with Crippen molar-refractivity contribution in [2.75, 3.05) is 19.6 Å². The highest BCUT2D eigenvalue weighted by Crippen LogP contribution is 2.31. The average Bonchev–Trinajstić information content (AvgIpc) is 2.90. The third-order valence-corrected chi connectivity index (χ3v) is 5.39. The Bertz CT molecular complexity index is 695. The number of carbonyl (C=O) groups excluding carboxylic acids is 1. The number of hydrogen-bond acceptors (Lipinski definition) is 1. The minimum absolute atomic E-state index is 0.302. The van der Waals surface area contributed by atoms with E-state index in [9.17, 15) is 4.79 Å². The van der Waals surface area contributed by atoms with Gasteiger partial charge in [0.2, 0.25) is 0 Å². The molecular weight excluding hydrogens is 272 g/mol. The van der Waals surface area contributed by atoms with Crippen LogP contribution in [0.4, 0.5) is 0 Å². The molecule has 1 aliphatic heterocycles. The molecule has 0 unspecified atom stereocenters. The minimum atomic E-state index is 0.302. The van der Waals surface area contributed by atoms with Crippen molar-refractivity contribution in [1.82, 2.24) is 4.57 Å². The van der Waals surface area contributed by atoms with E-state index < -0.39 is 0 Å². The maximum Gasteiger partial charge on any atom is 0.286 e. The van der Waals surface area contributed by atoms with Crippen LogP contribution in [0.5, 0.6) is 0 Å². The molecular formula is C19H25N2O+. The van der Waals surface area contributed by atoms with E-state index in [0.717, 1.165) is 31.4 Å². The summed E-state index contributed by atoms with van der Waals surface area (Å²) in [6.07, 6.45) is 8.54. The molecule has 1 aromatic heterocycles. The van der Waals surface area contributed by atoms with Crippen molar-refractivity contribution in [2.45, 2.75) is 44.9 Å². The number of benzene rings is 1. The number of nitrogens with one attached hydrogen (secondary N) is 1. The molecule has 2 heterocycles. The van der Waals surface area contributed by atoms with Gasteiger partial charge in [0.15, 0.2) is 6.54 Å². The first-order chi connectivity index (χ1) is 10.8. The maximum absolute atomic E-state index is 13.0. The van der Waals surface area contributed by atoms with E-state index in [1.807, 2.05) is 0 Å². The number of hydrogen-bond donors (Lipinski definition) is 1. The number of fused-ring (bicyclic) bond motifs is 3. The molecule has 2 aromatic rings. The van der Waals surface area contributed by atoms with Crippen LogP contribution < -0.4 is 4.90 Å². The van der Waals surface area contributed by atoms with Crippen LogP contribution in [-0.4, -0.2) is 30.1 Å². The van der Waals surface area contributed by atoms with Gasteiger partial charge in [-0.15, -0.1) is 0 Å². The fourth-order valence-electron chi connectivity index (χ4n) is 4.30.